The number of aromatic hydroxyl groups is 1. The van der Waals surface area contributed by atoms with Gasteiger partial charge in [-0.2, -0.15) is 0 Å². The highest BCUT2D eigenvalue weighted by Gasteiger charge is 2.69. The second-order valence-electron chi connectivity index (χ2n) is 12.1. The number of nitrogens with zero attached hydrogens (tertiary/aromatic N) is 2. The molecule has 1 amide bonds. The number of fused-ring (bicyclic) bond motifs is 5. The van der Waals surface area contributed by atoms with Gasteiger partial charge in [0.2, 0.25) is 5.91 Å². The molecule has 2 bridgehead atoms. The molecule has 2 saturated heterocycles. The molecule has 10 nitrogen and oxygen atoms in total. The number of carbonyl (C=O) groups excluding carboxylic acids is 5. The van der Waals surface area contributed by atoms with E-state index in [-0.39, 0.29) is 24.2 Å². The zero-order valence-corrected chi connectivity index (χ0v) is 22.6. The van der Waals surface area contributed by atoms with E-state index in [9.17, 15) is 34.2 Å². The van der Waals surface area contributed by atoms with Gasteiger partial charge >= 0.3 is 0 Å². The van der Waals surface area contributed by atoms with Crippen molar-refractivity contribution in [2.75, 3.05) is 14.1 Å². The summed E-state index contributed by atoms with van der Waals surface area (Å²) in [4.78, 5) is 70.1. The smallest absolute Gasteiger partial charge is 0.235 e. The second-order valence-corrected chi connectivity index (χ2v) is 12.5. The summed E-state index contributed by atoms with van der Waals surface area (Å²) in [5.74, 6) is -10.6. The van der Waals surface area contributed by atoms with Crippen molar-refractivity contribution in [2.45, 2.75) is 68.8 Å². The third-order valence-corrected chi connectivity index (χ3v) is 10.5. The van der Waals surface area contributed by atoms with Gasteiger partial charge in [-0.15, -0.1) is 0 Å². The quantitative estimate of drug-likeness (QED) is 0.452. The summed E-state index contributed by atoms with van der Waals surface area (Å²) < 4.78 is 0. The molecule has 11 heteroatoms. The van der Waals surface area contributed by atoms with Gasteiger partial charge in [0.25, 0.3) is 0 Å². The molecule has 0 aromatic heterocycles. The molecule has 2 heterocycles. The minimum atomic E-state index is -2.73. The largest absolute Gasteiger partial charge is 0.507 e. The third-order valence-electron chi connectivity index (χ3n) is 10.0. The molecule has 4 fully saturated rings. The number of hydrogen-bond acceptors (Lipinski definition) is 9. The maximum absolute atomic E-state index is 13.9. The van der Waals surface area contributed by atoms with Crippen LogP contribution in [0.3, 0.4) is 0 Å². The highest BCUT2D eigenvalue weighted by atomic mass is 35.5. The van der Waals surface area contributed by atoms with Crippen LogP contribution in [-0.4, -0.2) is 86.9 Å². The Morgan fingerprint density at radius 2 is 1.74 bits per heavy atom. The van der Waals surface area contributed by atoms with Crippen LogP contribution in [0.5, 0.6) is 5.75 Å². The summed E-state index contributed by atoms with van der Waals surface area (Å²) in [6, 6.07) is 1.32. The molecule has 1 aromatic carbocycles. The lowest BCUT2D eigenvalue weighted by Gasteiger charge is -2.52. The third kappa shape index (κ3) is 3.54. The van der Waals surface area contributed by atoms with E-state index in [1.807, 2.05) is 0 Å². The SMILES string of the molecule is CN(C)C1C(=O)C(C(N)=O)C(=O)C2(O)C(=O)C3C(=O)c4c(O)cc(CN5C6CCC5CC6)c(Cl)c4CC3CC12. The van der Waals surface area contributed by atoms with Crippen molar-refractivity contribution >= 4 is 40.6 Å². The lowest BCUT2D eigenvalue weighted by molar-refractivity contribution is -0.181. The number of amides is 1. The molecule has 39 heavy (non-hydrogen) atoms. The van der Waals surface area contributed by atoms with Crippen molar-refractivity contribution in [3.63, 3.8) is 0 Å². The zero-order chi connectivity index (χ0) is 28.1. The Hall–Kier alpha value is -2.66. The highest BCUT2D eigenvalue weighted by molar-refractivity contribution is 6.34. The molecule has 2 saturated carbocycles. The molecular formula is C28H32ClN3O7. The number of hydrogen-bond donors (Lipinski definition) is 3. The molecule has 2 aliphatic heterocycles. The fraction of sp³-hybridized carbons (Fsp3) is 0.607. The first-order valence-electron chi connectivity index (χ1n) is 13.5. The molecule has 4 N–H and O–H groups in total. The van der Waals surface area contributed by atoms with Crippen LogP contribution in [-0.2, 0) is 32.1 Å². The Morgan fingerprint density at radius 1 is 1.13 bits per heavy atom. The number of phenols is 1. The van der Waals surface area contributed by atoms with E-state index >= 15 is 0 Å². The zero-order valence-electron chi connectivity index (χ0n) is 21.9. The van der Waals surface area contributed by atoms with E-state index in [1.54, 1.807) is 14.1 Å². The van der Waals surface area contributed by atoms with Gasteiger partial charge in [0.15, 0.2) is 34.7 Å². The Kier molecular flexibility index (Phi) is 6.08. The van der Waals surface area contributed by atoms with E-state index in [1.165, 1.54) is 11.0 Å². The number of ketones is 4. The van der Waals surface area contributed by atoms with Gasteiger partial charge in [-0.05, 0) is 75.7 Å². The second kappa shape index (κ2) is 8.92. The van der Waals surface area contributed by atoms with E-state index in [2.05, 4.69) is 4.90 Å². The van der Waals surface area contributed by atoms with Crippen LogP contribution in [0.15, 0.2) is 6.07 Å². The van der Waals surface area contributed by atoms with Crippen molar-refractivity contribution in [1.82, 2.24) is 9.80 Å². The molecule has 1 aromatic rings. The molecule has 6 atom stereocenters. The highest BCUT2D eigenvalue weighted by Crippen LogP contribution is 2.52. The van der Waals surface area contributed by atoms with Gasteiger partial charge in [0.1, 0.15) is 5.75 Å². The summed E-state index contributed by atoms with van der Waals surface area (Å²) >= 11 is 6.88. The molecule has 0 spiro atoms. The number of rotatable bonds is 4. The maximum Gasteiger partial charge on any atom is 0.235 e. The molecule has 6 rings (SSSR count). The maximum atomic E-state index is 13.9. The Labute approximate surface area is 230 Å². The van der Waals surface area contributed by atoms with E-state index < -0.39 is 64.4 Å². The van der Waals surface area contributed by atoms with Crippen LogP contribution in [0.1, 0.15) is 53.6 Å². The van der Waals surface area contributed by atoms with Crippen molar-refractivity contribution in [3.05, 3.63) is 27.8 Å². The number of aliphatic hydroxyl groups is 1. The van der Waals surface area contributed by atoms with Crippen LogP contribution in [0.2, 0.25) is 5.02 Å². The van der Waals surface area contributed by atoms with Gasteiger partial charge in [-0.25, -0.2) is 0 Å². The van der Waals surface area contributed by atoms with E-state index in [0.29, 0.717) is 29.2 Å². The average Bonchev–Trinajstić information content (AvgIpc) is 3.43. The first-order valence-corrected chi connectivity index (χ1v) is 13.9. The molecule has 0 radical (unpaired) electrons. The normalized spacial score (nSPS) is 37.7. The first kappa shape index (κ1) is 26.6. The molecular weight excluding hydrogens is 526 g/mol. The van der Waals surface area contributed by atoms with Gasteiger partial charge in [-0.3, -0.25) is 33.8 Å². The molecule has 5 aliphatic rings. The van der Waals surface area contributed by atoms with Crippen LogP contribution in [0.25, 0.3) is 0 Å². The fourth-order valence-corrected chi connectivity index (χ4v) is 8.58. The summed E-state index contributed by atoms with van der Waals surface area (Å²) in [5.41, 5.74) is 3.72. The van der Waals surface area contributed by atoms with Gasteiger partial charge in [0, 0.05) is 29.6 Å². The Balaban J connectivity index is 1.40. The number of primary amides is 1. The fourth-order valence-electron chi connectivity index (χ4n) is 8.30. The molecule has 208 valence electrons. The minimum absolute atomic E-state index is 0.00147. The number of carbonyl (C=O) groups is 5. The average molecular weight is 558 g/mol. The van der Waals surface area contributed by atoms with Crippen molar-refractivity contribution in [1.29, 1.82) is 0 Å². The van der Waals surface area contributed by atoms with Crippen LogP contribution < -0.4 is 5.73 Å². The van der Waals surface area contributed by atoms with Crippen molar-refractivity contribution in [3.8, 4) is 5.75 Å². The van der Waals surface area contributed by atoms with Crippen molar-refractivity contribution in [2.24, 2.45) is 29.4 Å². The summed E-state index contributed by atoms with van der Waals surface area (Å²) in [6.45, 7) is 0.554. The first-order chi connectivity index (χ1) is 18.4. The standard InChI is InChI=1S/C28H32ClN3O7/c1-31(2)22-16-8-11-7-15-19(17(33)9-12(21(15)29)10-32-13-3-4-14(32)6-5-13)23(34)18(11)25(36)28(16,39)26(37)20(24(22)35)27(30)38/h9,11,13-14,16,18,20,22,33,39H,3-8,10H2,1-2H3,(H2,30,38). The lowest BCUT2D eigenvalue weighted by atomic mass is 9.52. The topological polar surface area (TPSA) is 158 Å². The van der Waals surface area contributed by atoms with E-state index in [0.717, 1.165) is 31.2 Å². The van der Waals surface area contributed by atoms with Crippen LogP contribution in [0.4, 0.5) is 0 Å². The molecule has 3 aliphatic carbocycles. The van der Waals surface area contributed by atoms with Crippen molar-refractivity contribution < 1.29 is 34.2 Å². The van der Waals surface area contributed by atoms with Gasteiger partial charge < -0.3 is 15.9 Å². The number of likely N-dealkylation sites (N-methyl/N-ethyl adjacent to an activating group) is 1. The number of Topliss-reactive ketones (excluding diaryl/α,β-unsaturated/α-hetero) is 4. The summed E-state index contributed by atoms with van der Waals surface area (Å²) in [6.07, 6.45) is 4.70. The lowest BCUT2D eigenvalue weighted by Crippen LogP contribution is -2.74. The minimum Gasteiger partial charge on any atom is -0.507 e. The summed E-state index contributed by atoms with van der Waals surface area (Å²) in [5, 5.41) is 23.0. The van der Waals surface area contributed by atoms with Crippen LogP contribution in [0, 0.1) is 23.7 Å². The number of phenolic OH excluding ortho intramolecular Hbond substituents is 1. The number of halogens is 1. The molecule has 6 unspecified atom stereocenters. The van der Waals surface area contributed by atoms with E-state index in [4.69, 9.17) is 17.3 Å². The van der Waals surface area contributed by atoms with Gasteiger partial charge in [0.05, 0.1) is 17.5 Å². The number of nitrogens with two attached hydrogens (primary N) is 1. The Morgan fingerprint density at radius 3 is 2.31 bits per heavy atom. The van der Waals surface area contributed by atoms with Gasteiger partial charge in [-0.1, -0.05) is 11.6 Å². The monoisotopic (exact) mass is 557 g/mol. The Bertz CT molecular complexity index is 1320. The number of benzene rings is 1. The van der Waals surface area contributed by atoms with Crippen LogP contribution >= 0.6 is 11.6 Å². The predicted octanol–water partition coefficient (Wildman–Crippen LogP) is 0.647. The summed E-state index contributed by atoms with van der Waals surface area (Å²) in [7, 11) is 3.11. The predicted molar refractivity (Wildman–Crippen MR) is 138 cm³/mol.